The van der Waals surface area contributed by atoms with Crippen molar-refractivity contribution in [2.24, 2.45) is 52.3 Å². The van der Waals surface area contributed by atoms with Gasteiger partial charge in [0.1, 0.15) is 5.60 Å². The summed E-state index contributed by atoms with van der Waals surface area (Å²) in [6.07, 6.45) is 6.00. The maximum Gasteiger partial charge on any atom is 0.101 e. The third-order valence-electron chi connectivity index (χ3n) is 11.9. The fourth-order valence-electron chi connectivity index (χ4n) is 9.37. The Morgan fingerprint density at radius 3 is 2.19 bits per heavy atom. The summed E-state index contributed by atoms with van der Waals surface area (Å²) < 4.78 is 0. The van der Waals surface area contributed by atoms with Crippen LogP contribution in [-0.4, -0.2) is 44.3 Å². The van der Waals surface area contributed by atoms with Gasteiger partial charge in [0, 0.05) is 11.8 Å². The quantitative estimate of drug-likeness (QED) is 0.486. The Hall–Kier alpha value is -0.160. The predicted molar refractivity (Wildman–Crippen MR) is 128 cm³/mol. The fourth-order valence-corrected chi connectivity index (χ4v) is 9.37. The van der Waals surface area contributed by atoms with E-state index in [4.69, 9.17) is 0 Å². The summed E-state index contributed by atoms with van der Waals surface area (Å²) in [7, 11) is 0. The molecule has 4 aliphatic rings. The van der Waals surface area contributed by atoms with Gasteiger partial charge < -0.3 is 20.4 Å². The van der Waals surface area contributed by atoms with Crippen LogP contribution in [0.5, 0.6) is 0 Å². The van der Waals surface area contributed by atoms with Gasteiger partial charge in [0.15, 0.2) is 0 Å². The highest BCUT2D eigenvalue weighted by Gasteiger charge is 2.70. The van der Waals surface area contributed by atoms with E-state index in [-0.39, 0.29) is 12.3 Å². The molecule has 0 radical (unpaired) electrons. The minimum Gasteiger partial charge on any atom is -0.393 e. The van der Waals surface area contributed by atoms with Gasteiger partial charge in [-0.25, -0.2) is 0 Å². The topological polar surface area (TPSA) is 80.9 Å². The van der Waals surface area contributed by atoms with Gasteiger partial charge >= 0.3 is 0 Å². The molecule has 4 fully saturated rings. The van der Waals surface area contributed by atoms with Gasteiger partial charge in [-0.15, -0.1) is 0 Å². The van der Waals surface area contributed by atoms with Crippen LogP contribution in [0.1, 0.15) is 99.3 Å². The van der Waals surface area contributed by atoms with Gasteiger partial charge in [-0.2, -0.15) is 0 Å². The van der Waals surface area contributed by atoms with Gasteiger partial charge in [0.2, 0.25) is 0 Å². The van der Waals surface area contributed by atoms with Crippen LogP contribution in [0.3, 0.4) is 0 Å². The lowest BCUT2D eigenvalue weighted by atomic mass is 9.41. The molecule has 4 saturated carbocycles. The molecular formula is C28H50O4. The lowest BCUT2D eigenvalue weighted by Gasteiger charge is -2.66. The highest BCUT2D eigenvalue weighted by molar-refractivity contribution is 5.19. The third kappa shape index (κ3) is 3.53. The lowest BCUT2D eigenvalue weighted by molar-refractivity contribution is -0.294. The predicted octanol–water partition coefficient (Wildman–Crippen LogP) is 4.77. The zero-order chi connectivity index (χ0) is 23.6. The van der Waals surface area contributed by atoms with Crippen molar-refractivity contribution in [2.75, 3.05) is 0 Å². The van der Waals surface area contributed by atoms with Crippen molar-refractivity contribution in [1.29, 1.82) is 0 Å². The second kappa shape index (κ2) is 8.50. The Labute approximate surface area is 196 Å². The van der Waals surface area contributed by atoms with Gasteiger partial charge in [-0.3, -0.25) is 0 Å². The summed E-state index contributed by atoms with van der Waals surface area (Å²) in [5.74, 6) is 4.10. The summed E-state index contributed by atoms with van der Waals surface area (Å²) in [6, 6.07) is 0. The largest absolute Gasteiger partial charge is 0.393 e. The van der Waals surface area contributed by atoms with Crippen molar-refractivity contribution in [3.8, 4) is 0 Å². The molecule has 0 spiro atoms. The van der Waals surface area contributed by atoms with Gasteiger partial charge in [0.25, 0.3) is 0 Å². The van der Waals surface area contributed by atoms with Crippen molar-refractivity contribution in [3.63, 3.8) is 0 Å². The van der Waals surface area contributed by atoms with Gasteiger partial charge in [0.05, 0.1) is 18.3 Å². The molecule has 4 nitrogen and oxygen atoms in total. The Morgan fingerprint density at radius 1 is 0.844 bits per heavy atom. The van der Waals surface area contributed by atoms with E-state index in [1.165, 1.54) is 25.7 Å². The van der Waals surface area contributed by atoms with Crippen molar-refractivity contribution >= 4 is 0 Å². The number of hydrogen-bond donors (Lipinski definition) is 4. The Bertz CT molecular complexity index is 680. The summed E-state index contributed by atoms with van der Waals surface area (Å²) in [5.41, 5.74) is -1.84. The Kier molecular flexibility index (Phi) is 6.63. The highest BCUT2D eigenvalue weighted by atomic mass is 16.4. The summed E-state index contributed by atoms with van der Waals surface area (Å²) >= 11 is 0. The molecule has 4 heteroatoms. The smallest absolute Gasteiger partial charge is 0.101 e. The van der Waals surface area contributed by atoms with E-state index in [9.17, 15) is 20.4 Å². The van der Waals surface area contributed by atoms with Crippen molar-refractivity contribution in [2.45, 2.75) is 123 Å². The number of aliphatic hydroxyl groups excluding tert-OH is 3. The van der Waals surface area contributed by atoms with Crippen molar-refractivity contribution in [3.05, 3.63) is 0 Å². The minimum atomic E-state index is -1.39. The van der Waals surface area contributed by atoms with E-state index < -0.39 is 29.3 Å². The summed E-state index contributed by atoms with van der Waals surface area (Å²) in [5, 5.41) is 44.3. The number of aliphatic hydroxyl groups is 4. The second-order valence-electron chi connectivity index (χ2n) is 13.4. The zero-order valence-corrected chi connectivity index (χ0v) is 21.4. The molecule has 0 aliphatic heterocycles. The standard InChI is InChI=1S/C28H50O4/c1-16(2)17(3)7-8-18(4)21-9-10-22-20-14-25(31)28(32)15-19(29)13-24(30)27(28,6)23(20)11-12-26(21,22)5/h16-25,29-32H,7-15H2,1-6H3/t17?,18?,19?,20?,21?,22?,23?,24?,25?,26?,27?,28-/m0/s1. The summed E-state index contributed by atoms with van der Waals surface area (Å²) in [4.78, 5) is 0. The molecule has 0 bridgehead atoms. The molecule has 0 aromatic carbocycles. The Balaban J connectivity index is 1.55. The fraction of sp³-hybridized carbons (Fsp3) is 1.00. The maximum absolute atomic E-state index is 11.6. The van der Waals surface area contributed by atoms with Crippen LogP contribution in [0, 0.1) is 52.3 Å². The van der Waals surface area contributed by atoms with E-state index in [1.807, 2.05) is 6.92 Å². The average molecular weight is 451 g/mol. The van der Waals surface area contributed by atoms with E-state index >= 15 is 0 Å². The average Bonchev–Trinajstić information content (AvgIpc) is 3.06. The number of hydrogen-bond acceptors (Lipinski definition) is 4. The first-order valence-electron chi connectivity index (χ1n) is 13.6. The second-order valence-corrected chi connectivity index (χ2v) is 13.4. The van der Waals surface area contributed by atoms with Crippen LogP contribution < -0.4 is 0 Å². The van der Waals surface area contributed by atoms with Crippen LogP contribution in [0.25, 0.3) is 0 Å². The number of fused-ring (bicyclic) bond motifs is 5. The molecular weight excluding hydrogens is 400 g/mol. The van der Waals surface area contributed by atoms with Crippen molar-refractivity contribution < 1.29 is 20.4 Å². The van der Waals surface area contributed by atoms with Crippen LogP contribution in [0.4, 0.5) is 0 Å². The molecule has 0 heterocycles. The molecule has 32 heavy (non-hydrogen) atoms. The van der Waals surface area contributed by atoms with E-state index in [0.717, 1.165) is 36.5 Å². The normalized spacial score (nSPS) is 52.8. The molecule has 0 amide bonds. The SMILES string of the molecule is CC(C)C(C)CCC(C)C1CCC2C3CC(O)[C@@]4(O)CC(O)CC(O)C4(C)C3CCC12C. The molecule has 4 aliphatic carbocycles. The van der Waals surface area contributed by atoms with E-state index in [0.29, 0.717) is 30.1 Å². The zero-order valence-electron chi connectivity index (χ0n) is 21.4. The Morgan fingerprint density at radius 2 is 1.53 bits per heavy atom. The molecule has 12 atom stereocenters. The van der Waals surface area contributed by atoms with Gasteiger partial charge in [-0.1, -0.05) is 54.4 Å². The van der Waals surface area contributed by atoms with Crippen LogP contribution in [0.15, 0.2) is 0 Å². The molecule has 4 rings (SSSR count). The third-order valence-corrected chi connectivity index (χ3v) is 11.9. The molecule has 11 unspecified atom stereocenters. The number of rotatable bonds is 5. The van der Waals surface area contributed by atoms with Crippen LogP contribution in [-0.2, 0) is 0 Å². The van der Waals surface area contributed by atoms with Crippen LogP contribution in [0.2, 0.25) is 0 Å². The maximum atomic E-state index is 11.6. The van der Waals surface area contributed by atoms with Gasteiger partial charge in [-0.05, 0) is 85.4 Å². The molecule has 0 aromatic heterocycles. The monoisotopic (exact) mass is 450 g/mol. The van der Waals surface area contributed by atoms with Crippen molar-refractivity contribution in [1.82, 2.24) is 0 Å². The minimum absolute atomic E-state index is 0.181. The first-order valence-corrected chi connectivity index (χ1v) is 13.6. The molecule has 0 aromatic rings. The molecule has 186 valence electrons. The first kappa shape index (κ1) is 24.9. The molecule has 4 N–H and O–H groups in total. The van der Waals surface area contributed by atoms with E-state index in [1.54, 1.807) is 0 Å². The highest BCUT2D eigenvalue weighted by Crippen LogP contribution is 2.69. The first-order chi connectivity index (χ1) is 14.9. The van der Waals surface area contributed by atoms with Crippen LogP contribution >= 0.6 is 0 Å². The van der Waals surface area contributed by atoms with E-state index in [2.05, 4.69) is 34.6 Å². The molecule has 0 saturated heterocycles. The lowest BCUT2D eigenvalue weighted by Crippen LogP contribution is -2.72. The summed E-state index contributed by atoms with van der Waals surface area (Å²) in [6.45, 7) is 14.1.